The number of nitrogens with zero attached hydrogens (tertiary/aromatic N) is 2. The summed E-state index contributed by atoms with van der Waals surface area (Å²) >= 11 is 0. The van der Waals surface area contributed by atoms with E-state index in [-0.39, 0.29) is 23.9 Å². The van der Waals surface area contributed by atoms with Crippen LogP contribution in [0.15, 0.2) is 42.5 Å². The predicted molar refractivity (Wildman–Crippen MR) is 137 cm³/mol. The van der Waals surface area contributed by atoms with E-state index in [4.69, 9.17) is 0 Å². The average molecular weight is 471 g/mol. The molecule has 0 radical (unpaired) electrons. The molecule has 0 spiro atoms. The molecule has 35 heavy (non-hydrogen) atoms. The van der Waals surface area contributed by atoms with E-state index in [0.29, 0.717) is 17.5 Å². The third kappa shape index (κ3) is 4.38. The molecule has 1 aromatic heterocycles. The van der Waals surface area contributed by atoms with Gasteiger partial charge in [0.1, 0.15) is 0 Å². The van der Waals surface area contributed by atoms with Crippen molar-refractivity contribution in [2.45, 2.75) is 72.5 Å². The molecule has 0 unspecified atom stereocenters. The summed E-state index contributed by atoms with van der Waals surface area (Å²) in [5, 5.41) is 10.9. The standard InChI is InChI=1S/C29H34N4O2/c1-17(2)30-27(34)21-8-6-7-19(13-21)18(3)33-16-22-14-20(9-10-23(22)28(33)35)26-24-11-12-29(4,5)15-25(24)31-32-26/h6-10,13-14,17-18H,11-12,15-16H2,1-5H3,(H,30,34)(H,31,32)/t18-/m1/s1. The first kappa shape index (κ1) is 23.3. The summed E-state index contributed by atoms with van der Waals surface area (Å²) in [7, 11) is 0. The molecule has 5 rings (SSSR count). The molecule has 2 heterocycles. The molecule has 2 aromatic carbocycles. The van der Waals surface area contributed by atoms with Crippen molar-refractivity contribution in [1.29, 1.82) is 0 Å². The van der Waals surface area contributed by atoms with Crippen LogP contribution in [0.25, 0.3) is 11.3 Å². The van der Waals surface area contributed by atoms with E-state index in [1.54, 1.807) is 0 Å². The number of nitrogens with one attached hydrogen (secondary N) is 2. The fourth-order valence-electron chi connectivity index (χ4n) is 5.35. The number of hydrogen-bond acceptors (Lipinski definition) is 3. The Balaban J connectivity index is 1.38. The van der Waals surface area contributed by atoms with Crippen LogP contribution in [0.2, 0.25) is 0 Å². The second kappa shape index (κ2) is 8.67. The molecule has 1 atom stereocenters. The van der Waals surface area contributed by atoms with Gasteiger partial charge in [0.15, 0.2) is 0 Å². The SMILES string of the molecule is CC(C)NC(=O)c1cccc([C@@H](C)N2Cc3cc(-c4n[nH]c5c4CCC(C)(C)C5)ccc3C2=O)c1. The van der Waals surface area contributed by atoms with Crippen molar-refractivity contribution in [2.24, 2.45) is 5.41 Å². The van der Waals surface area contributed by atoms with Crippen LogP contribution in [-0.4, -0.2) is 33.0 Å². The third-order valence-corrected chi connectivity index (χ3v) is 7.39. The number of aromatic amines is 1. The van der Waals surface area contributed by atoms with Gasteiger partial charge in [-0.2, -0.15) is 5.10 Å². The minimum Gasteiger partial charge on any atom is -0.350 e. The van der Waals surface area contributed by atoms with Gasteiger partial charge in [0.25, 0.3) is 11.8 Å². The highest BCUT2D eigenvalue weighted by Crippen LogP contribution is 2.39. The molecule has 2 aliphatic rings. The fraction of sp³-hybridized carbons (Fsp3) is 0.414. The average Bonchev–Trinajstić information content (AvgIpc) is 3.37. The smallest absolute Gasteiger partial charge is 0.255 e. The maximum absolute atomic E-state index is 13.3. The summed E-state index contributed by atoms with van der Waals surface area (Å²) in [5.74, 6) is -0.0673. The van der Waals surface area contributed by atoms with E-state index in [2.05, 4.69) is 35.4 Å². The number of rotatable bonds is 5. The lowest BCUT2D eigenvalue weighted by atomic mass is 9.76. The number of hydrogen-bond donors (Lipinski definition) is 2. The van der Waals surface area contributed by atoms with Crippen molar-refractivity contribution in [3.63, 3.8) is 0 Å². The number of amides is 2. The molecule has 0 saturated carbocycles. The topological polar surface area (TPSA) is 78.1 Å². The summed E-state index contributed by atoms with van der Waals surface area (Å²) in [6.45, 7) is 11.1. The summed E-state index contributed by atoms with van der Waals surface area (Å²) < 4.78 is 0. The zero-order valence-corrected chi connectivity index (χ0v) is 21.2. The van der Waals surface area contributed by atoms with E-state index in [1.165, 1.54) is 11.3 Å². The Hall–Kier alpha value is -3.41. The number of carbonyl (C=O) groups excluding carboxylic acids is 2. The van der Waals surface area contributed by atoms with Crippen LogP contribution in [0.5, 0.6) is 0 Å². The summed E-state index contributed by atoms with van der Waals surface area (Å²) in [5.41, 5.74) is 8.27. The van der Waals surface area contributed by atoms with Crippen molar-refractivity contribution in [3.8, 4) is 11.3 Å². The van der Waals surface area contributed by atoms with Gasteiger partial charge in [-0.25, -0.2) is 0 Å². The largest absolute Gasteiger partial charge is 0.350 e. The number of aromatic nitrogens is 2. The molecule has 182 valence electrons. The number of benzene rings is 2. The monoisotopic (exact) mass is 470 g/mol. The van der Waals surface area contributed by atoms with E-state index >= 15 is 0 Å². The van der Waals surface area contributed by atoms with Crippen molar-refractivity contribution in [1.82, 2.24) is 20.4 Å². The highest BCUT2D eigenvalue weighted by Gasteiger charge is 2.33. The number of carbonyl (C=O) groups is 2. The maximum Gasteiger partial charge on any atom is 0.255 e. The molecular formula is C29H34N4O2. The lowest BCUT2D eigenvalue weighted by Crippen LogP contribution is -2.30. The summed E-state index contributed by atoms with van der Waals surface area (Å²) in [6.07, 6.45) is 3.18. The van der Waals surface area contributed by atoms with Gasteiger partial charge in [-0.05, 0) is 80.8 Å². The first-order chi connectivity index (χ1) is 16.6. The number of fused-ring (bicyclic) bond motifs is 2. The summed E-state index contributed by atoms with van der Waals surface area (Å²) in [4.78, 5) is 27.7. The Labute approximate surface area is 207 Å². The van der Waals surface area contributed by atoms with E-state index < -0.39 is 0 Å². The van der Waals surface area contributed by atoms with Gasteiger partial charge < -0.3 is 10.2 Å². The van der Waals surface area contributed by atoms with E-state index in [1.807, 2.05) is 62.1 Å². The third-order valence-electron chi connectivity index (χ3n) is 7.39. The van der Waals surface area contributed by atoms with Crippen molar-refractivity contribution >= 4 is 11.8 Å². The van der Waals surface area contributed by atoms with Crippen molar-refractivity contribution in [3.05, 3.63) is 76.0 Å². The van der Waals surface area contributed by atoms with Crippen LogP contribution in [0.1, 0.15) is 90.2 Å². The lowest BCUT2D eigenvalue weighted by molar-refractivity contribution is 0.0716. The molecule has 0 saturated heterocycles. The van der Waals surface area contributed by atoms with Crippen molar-refractivity contribution < 1.29 is 9.59 Å². The molecule has 0 fully saturated rings. The highest BCUT2D eigenvalue weighted by atomic mass is 16.2. The van der Waals surface area contributed by atoms with Crippen LogP contribution in [0, 0.1) is 5.41 Å². The molecule has 1 aliphatic carbocycles. The van der Waals surface area contributed by atoms with Crippen LogP contribution >= 0.6 is 0 Å². The van der Waals surface area contributed by atoms with Gasteiger partial charge in [-0.3, -0.25) is 14.7 Å². The van der Waals surface area contributed by atoms with Gasteiger partial charge in [-0.1, -0.05) is 32.0 Å². The normalized spacial score (nSPS) is 17.3. The Morgan fingerprint density at radius 3 is 2.71 bits per heavy atom. The van der Waals surface area contributed by atoms with Crippen LogP contribution < -0.4 is 5.32 Å². The molecule has 2 N–H and O–H groups in total. The highest BCUT2D eigenvalue weighted by molar-refractivity contribution is 5.99. The molecule has 0 bridgehead atoms. The minimum absolute atomic E-state index is 0.0295. The quantitative estimate of drug-likeness (QED) is 0.521. The second-order valence-corrected chi connectivity index (χ2v) is 11.1. The zero-order chi connectivity index (χ0) is 24.9. The first-order valence-electron chi connectivity index (χ1n) is 12.5. The second-order valence-electron chi connectivity index (χ2n) is 11.1. The Kier molecular flexibility index (Phi) is 5.78. The van der Waals surface area contributed by atoms with Gasteiger partial charge in [-0.15, -0.1) is 0 Å². The maximum atomic E-state index is 13.3. The Bertz CT molecular complexity index is 1300. The number of H-pyrrole nitrogens is 1. The van der Waals surface area contributed by atoms with Gasteiger partial charge in [0.05, 0.1) is 11.7 Å². The van der Waals surface area contributed by atoms with Crippen LogP contribution in [-0.2, 0) is 19.4 Å². The van der Waals surface area contributed by atoms with Crippen LogP contribution in [0.4, 0.5) is 0 Å². The lowest BCUT2D eigenvalue weighted by Gasteiger charge is -2.29. The van der Waals surface area contributed by atoms with Gasteiger partial charge >= 0.3 is 0 Å². The molecule has 3 aromatic rings. The first-order valence-corrected chi connectivity index (χ1v) is 12.5. The molecule has 6 heteroatoms. The summed E-state index contributed by atoms with van der Waals surface area (Å²) in [6, 6.07) is 13.6. The van der Waals surface area contributed by atoms with Crippen molar-refractivity contribution in [2.75, 3.05) is 0 Å². The van der Waals surface area contributed by atoms with E-state index in [9.17, 15) is 9.59 Å². The van der Waals surface area contributed by atoms with Gasteiger partial charge in [0.2, 0.25) is 0 Å². The Morgan fingerprint density at radius 1 is 1.14 bits per heavy atom. The molecular weight excluding hydrogens is 436 g/mol. The van der Waals surface area contributed by atoms with Gasteiger partial charge in [0, 0.05) is 40.5 Å². The molecule has 6 nitrogen and oxygen atoms in total. The fourth-order valence-corrected chi connectivity index (χ4v) is 5.35. The zero-order valence-electron chi connectivity index (χ0n) is 21.2. The van der Waals surface area contributed by atoms with Crippen LogP contribution in [0.3, 0.4) is 0 Å². The molecule has 1 aliphatic heterocycles. The Morgan fingerprint density at radius 2 is 1.94 bits per heavy atom. The van der Waals surface area contributed by atoms with E-state index in [0.717, 1.165) is 47.2 Å². The molecule has 2 amide bonds. The predicted octanol–water partition coefficient (Wildman–Crippen LogP) is 5.45. The minimum atomic E-state index is -0.148.